The van der Waals surface area contributed by atoms with E-state index in [1.807, 2.05) is 0 Å². The molecule has 0 N–H and O–H groups in total. The zero-order valence-corrected chi connectivity index (χ0v) is 10.1. The minimum absolute atomic E-state index is 0.0746. The van der Waals surface area contributed by atoms with E-state index in [-0.39, 0.29) is 12.6 Å². The van der Waals surface area contributed by atoms with Gasteiger partial charge < -0.3 is 9.47 Å². The van der Waals surface area contributed by atoms with E-state index in [4.69, 9.17) is 16.3 Å². The van der Waals surface area contributed by atoms with Crippen LogP contribution in [0.5, 0.6) is 6.01 Å². The SMILES string of the molecule is CCOC(=O)C(Cl)Oc1nc(C)cc(C)n1. The Morgan fingerprint density at radius 3 is 2.50 bits per heavy atom. The topological polar surface area (TPSA) is 61.3 Å². The molecule has 0 bridgehead atoms. The van der Waals surface area contributed by atoms with Crippen molar-refractivity contribution in [2.45, 2.75) is 26.3 Å². The average molecular weight is 245 g/mol. The first-order valence-corrected chi connectivity index (χ1v) is 5.26. The average Bonchev–Trinajstić information content (AvgIpc) is 2.16. The maximum absolute atomic E-state index is 11.2. The molecule has 0 aliphatic rings. The van der Waals surface area contributed by atoms with E-state index in [1.165, 1.54) is 0 Å². The van der Waals surface area contributed by atoms with Crippen molar-refractivity contribution < 1.29 is 14.3 Å². The highest BCUT2D eigenvalue weighted by atomic mass is 35.5. The number of esters is 1. The fraction of sp³-hybridized carbons (Fsp3) is 0.500. The van der Waals surface area contributed by atoms with Crippen LogP contribution in [0.25, 0.3) is 0 Å². The lowest BCUT2D eigenvalue weighted by Crippen LogP contribution is -2.24. The van der Waals surface area contributed by atoms with Crippen LogP contribution in [0.2, 0.25) is 0 Å². The van der Waals surface area contributed by atoms with Gasteiger partial charge in [0.1, 0.15) is 0 Å². The van der Waals surface area contributed by atoms with Gasteiger partial charge in [-0.15, -0.1) is 0 Å². The van der Waals surface area contributed by atoms with Crippen molar-refractivity contribution in [3.8, 4) is 6.01 Å². The van der Waals surface area contributed by atoms with Crippen LogP contribution >= 0.6 is 11.6 Å². The Morgan fingerprint density at radius 2 is 2.00 bits per heavy atom. The lowest BCUT2D eigenvalue weighted by atomic mass is 10.4. The molecule has 1 heterocycles. The number of halogens is 1. The first-order chi connectivity index (χ1) is 7.52. The maximum Gasteiger partial charge on any atom is 0.363 e. The summed E-state index contributed by atoms with van der Waals surface area (Å²) in [6.45, 7) is 5.54. The molecule has 0 radical (unpaired) electrons. The van der Waals surface area contributed by atoms with E-state index in [2.05, 4.69) is 14.7 Å². The number of carbonyl (C=O) groups excluding carboxylic acids is 1. The highest BCUT2D eigenvalue weighted by Crippen LogP contribution is 2.10. The number of ether oxygens (including phenoxy) is 2. The summed E-state index contributed by atoms with van der Waals surface area (Å²) in [5.74, 6) is -0.646. The largest absolute Gasteiger partial charge is 0.462 e. The summed E-state index contributed by atoms with van der Waals surface area (Å²) in [5.41, 5.74) is 0.270. The molecule has 0 amide bonds. The molecule has 1 aromatic rings. The number of alkyl halides is 1. The summed E-state index contributed by atoms with van der Waals surface area (Å²) in [5, 5.41) is 0. The molecular formula is C10H13ClN2O3. The molecule has 0 saturated carbocycles. The first kappa shape index (κ1) is 12.7. The van der Waals surface area contributed by atoms with E-state index in [9.17, 15) is 4.79 Å². The van der Waals surface area contributed by atoms with Gasteiger partial charge >= 0.3 is 12.0 Å². The number of aromatic nitrogens is 2. The summed E-state index contributed by atoms with van der Waals surface area (Å²) in [6, 6.07) is 1.87. The van der Waals surface area contributed by atoms with Crippen molar-refractivity contribution in [1.29, 1.82) is 0 Å². The Hall–Kier alpha value is -1.36. The van der Waals surface area contributed by atoms with Gasteiger partial charge in [-0.25, -0.2) is 14.8 Å². The second kappa shape index (κ2) is 5.65. The Bertz CT molecular complexity index is 364. The third-order valence-electron chi connectivity index (χ3n) is 1.64. The lowest BCUT2D eigenvalue weighted by molar-refractivity contribution is -0.147. The second-order valence-electron chi connectivity index (χ2n) is 3.12. The molecular weight excluding hydrogens is 232 g/mol. The van der Waals surface area contributed by atoms with Crippen LogP contribution in [-0.2, 0) is 9.53 Å². The molecule has 5 nitrogen and oxygen atoms in total. The highest BCUT2D eigenvalue weighted by Gasteiger charge is 2.19. The number of hydrogen-bond acceptors (Lipinski definition) is 5. The van der Waals surface area contributed by atoms with Gasteiger partial charge in [0, 0.05) is 11.4 Å². The number of nitrogens with zero attached hydrogens (tertiary/aromatic N) is 2. The summed E-state index contributed by atoms with van der Waals surface area (Å²) in [7, 11) is 0. The molecule has 0 aliphatic heterocycles. The predicted molar refractivity (Wildman–Crippen MR) is 58.4 cm³/mol. The fourth-order valence-corrected chi connectivity index (χ4v) is 1.24. The zero-order chi connectivity index (χ0) is 12.1. The Labute approximate surface area is 98.8 Å². The molecule has 0 aliphatic carbocycles. The molecule has 1 unspecified atom stereocenters. The molecule has 1 aromatic heterocycles. The maximum atomic E-state index is 11.2. The van der Waals surface area contributed by atoms with Crippen LogP contribution in [-0.4, -0.2) is 28.1 Å². The summed E-state index contributed by atoms with van der Waals surface area (Å²) in [4.78, 5) is 19.2. The lowest BCUT2D eigenvalue weighted by Gasteiger charge is -2.10. The van der Waals surface area contributed by atoms with Gasteiger partial charge in [0.05, 0.1) is 6.61 Å². The van der Waals surface area contributed by atoms with Crippen LogP contribution in [0.1, 0.15) is 18.3 Å². The van der Waals surface area contributed by atoms with Crippen molar-refractivity contribution >= 4 is 17.6 Å². The molecule has 0 aromatic carbocycles. The Morgan fingerprint density at radius 1 is 1.44 bits per heavy atom. The van der Waals surface area contributed by atoms with Gasteiger partial charge in [0.2, 0.25) is 0 Å². The molecule has 0 fully saturated rings. The summed E-state index contributed by atoms with van der Waals surface area (Å²) in [6.07, 6.45) is 0. The third kappa shape index (κ3) is 3.66. The summed E-state index contributed by atoms with van der Waals surface area (Å²) >= 11 is 5.67. The van der Waals surface area contributed by atoms with Gasteiger partial charge in [-0.05, 0) is 26.8 Å². The number of carbonyl (C=O) groups is 1. The molecule has 6 heteroatoms. The number of rotatable bonds is 4. The molecule has 0 spiro atoms. The molecule has 88 valence electrons. The predicted octanol–water partition coefficient (Wildman–Crippen LogP) is 1.60. The first-order valence-electron chi connectivity index (χ1n) is 4.82. The quantitative estimate of drug-likeness (QED) is 0.595. The van der Waals surface area contributed by atoms with Crippen LogP contribution in [0.3, 0.4) is 0 Å². The summed E-state index contributed by atoms with van der Waals surface area (Å²) < 4.78 is 9.74. The van der Waals surface area contributed by atoms with Crippen LogP contribution in [0, 0.1) is 13.8 Å². The van der Waals surface area contributed by atoms with E-state index < -0.39 is 11.5 Å². The standard InChI is InChI=1S/C10H13ClN2O3/c1-4-15-9(14)8(11)16-10-12-6(2)5-7(3)13-10/h5,8H,4H2,1-3H3. The Balaban J connectivity index is 2.69. The van der Waals surface area contributed by atoms with E-state index in [0.717, 1.165) is 11.4 Å². The van der Waals surface area contributed by atoms with E-state index in [0.29, 0.717) is 0 Å². The molecule has 1 atom stereocenters. The van der Waals surface area contributed by atoms with E-state index in [1.54, 1.807) is 26.8 Å². The molecule has 16 heavy (non-hydrogen) atoms. The normalized spacial score (nSPS) is 12.0. The smallest absolute Gasteiger partial charge is 0.363 e. The number of hydrogen-bond donors (Lipinski definition) is 0. The van der Waals surface area contributed by atoms with Crippen molar-refractivity contribution in [2.24, 2.45) is 0 Å². The second-order valence-corrected chi connectivity index (χ2v) is 3.52. The Kier molecular flexibility index (Phi) is 4.49. The van der Waals surface area contributed by atoms with Crippen LogP contribution < -0.4 is 4.74 Å². The van der Waals surface area contributed by atoms with Gasteiger partial charge in [-0.2, -0.15) is 0 Å². The minimum Gasteiger partial charge on any atom is -0.462 e. The minimum atomic E-state index is -1.22. The van der Waals surface area contributed by atoms with Crippen molar-refractivity contribution in [1.82, 2.24) is 9.97 Å². The zero-order valence-electron chi connectivity index (χ0n) is 9.36. The van der Waals surface area contributed by atoms with Crippen molar-refractivity contribution in [3.05, 3.63) is 17.5 Å². The van der Waals surface area contributed by atoms with E-state index >= 15 is 0 Å². The monoisotopic (exact) mass is 244 g/mol. The third-order valence-corrected chi connectivity index (χ3v) is 1.91. The van der Waals surface area contributed by atoms with Crippen LogP contribution in [0.4, 0.5) is 0 Å². The van der Waals surface area contributed by atoms with Crippen molar-refractivity contribution in [3.63, 3.8) is 0 Å². The van der Waals surface area contributed by atoms with Crippen molar-refractivity contribution in [2.75, 3.05) is 6.61 Å². The highest BCUT2D eigenvalue weighted by molar-refractivity contribution is 6.28. The number of aryl methyl sites for hydroxylation is 2. The van der Waals surface area contributed by atoms with Gasteiger partial charge in [0.25, 0.3) is 5.56 Å². The molecule has 0 saturated heterocycles. The van der Waals surface area contributed by atoms with Gasteiger partial charge in [-0.3, -0.25) is 0 Å². The molecule has 1 rings (SSSR count). The van der Waals surface area contributed by atoms with Gasteiger partial charge in [-0.1, -0.05) is 11.6 Å². The van der Waals surface area contributed by atoms with Gasteiger partial charge in [0.15, 0.2) is 0 Å². The fourth-order valence-electron chi connectivity index (χ4n) is 1.09. The van der Waals surface area contributed by atoms with Crippen LogP contribution in [0.15, 0.2) is 6.07 Å².